The Balaban J connectivity index is 1.44. The number of aromatic amines is 1. The summed E-state index contributed by atoms with van der Waals surface area (Å²) in [5.41, 5.74) is 1.54. The molecule has 2 bridgehead atoms. The van der Waals surface area contributed by atoms with Crippen LogP contribution in [0.3, 0.4) is 0 Å². The van der Waals surface area contributed by atoms with Gasteiger partial charge in [-0.3, -0.25) is 9.69 Å². The summed E-state index contributed by atoms with van der Waals surface area (Å²) >= 11 is 0. The summed E-state index contributed by atoms with van der Waals surface area (Å²) in [6.07, 6.45) is 5.52. The average molecular weight is 415 g/mol. The van der Waals surface area contributed by atoms with Crippen molar-refractivity contribution < 1.29 is 14.3 Å². The number of carbonyl (C=O) groups excluding carboxylic acids is 1. The van der Waals surface area contributed by atoms with Crippen LogP contribution >= 0.6 is 0 Å². The van der Waals surface area contributed by atoms with Gasteiger partial charge < -0.3 is 19.8 Å². The number of imidazole rings is 1. The second-order valence-electron chi connectivity index (χ2n) is 9.77. The Morgan fingerprint density at radius 1 is 1.17 bits per heavy atom. The first-order valence-corrected chi connectivity index (χ1v) is 10.9. The molecule has 3 heterocycles. The van der Waals surface area contributed by atoms with Gasteiger partial charge in [-0.15, -0.1) is 0 Å². The Morgan fingerprint density at radius 3 is 2.40 bits per heavy atom. The van der Waals surface area contributed by atoms with E-state index in [2.05, 4.69) is 15.2 Å². The maximum absolute atomic E-state index is 12.4. The predicted octanol–water partition coefficient (Wildman–Crippen LogP) is 3.28. The van der Waals surface area contributed by atoms with Crippen molar-refractivity contribution in [3.63, 3.8) is 0 Å². The van der Waals surface area contributed by atoms with Crippen LogP contribution in [-0.2, 0) is 11.2 Å². The standard InChI is InChI=1S/C23H34N4O3/c1-23(2,3)26-20(28)13-27-15-6-7-16(27)11-14(10-15)12-19-24-21-17(29-4)8-9-18(30-5)22(21)25-19/h8-9,14-16H,6-7,10-13H2,1-5H3,(H,24,25)(H,26,28)/t14-,15-,16+. The fraction of sp³-hybridized carbons (Fsp3) is 0.652. The summed E-state index contributed by atoms with van der Waals surface area (Å²) in [5, 5.41) is 3.10. The fourth-order valence-electron chi connectivity index (χ4n) is 5.23. The fourth-order valence-corrected chi connectivity index (χ4v) is 5.23. The Kier molecular flexibility index (Phi) is 5.66. The SMILES string of the molecule is COc1ccc(OC)c2[nH]c(C[C@@H]3C[C@H]4CC[C@@H](C3)N4CC(=O)NC(C)(C)C)nc12. The number of benzene rings is 1. The van der Waals surface area contributed by atoms with Gasteiger partial charge in [0.05, 0.1) is 20.8 Å². The number of piperidine rings is 1. The highest BCUT2D eigenvalue weighted by atomic mass is 16.5. The molecule has 2 fully saturated rings. The minimum atomic E-state index is -0.183. The minimum Gasteiger partial charge on any atom is -0.494 e. The van der Waals surface area contributed by atoms with Gasteiger partial charge in [0.2, 0.25) is 5.91 Å². The minimum absolute atomic E-state index is 0.134. The lowest BCUT2D eigenvalue weighted by molar-refractivity contribution is -0.125. The third-order valence-electron chi connectivity index (χ3n) is 6.36. The summed E-state index contributed by atoms with van der Waals surface area (Å²) in [7, 11) is 3.34. The van der Waals surface area contributed by atoms with Gasteiger partial charge in [-0.1, -0.05) is 0 Å². The lowest BCUT2D eigenvalue weighted by atomic mass is 9.88. The predicted molar refractivity (Wildman–Crippen MR) is 117 cm³/mol. The molecule has 3 atom stereocenters. The molecule has 0 radical (unpaired) electrons. The maximum Gasteiger partial charge on any atom is 0.234 e. The van der Waals surface area contributed by atoms with E-state index in [-0.39, 0.29) is 11.4 Å². The van der Waals surface area contributed by atoms with Crippen molar-refractivity contribution in [1.29, 1.82) is 0 Å². The van der Waals surface area contributed by atoms with Crippen molar-refractivity contribution in [2.24, 2.45) is 5.92 Å². The monoisotopic (exact) mass is 414 g/mol. The van der Waals surface area contributed by atoms with Gasteiger partial charge in [0.1, 0.15) is 28.4 Å². The summed E-state index contributed by atoms with van der Waals surface area (Å²) in [5.74, 6) is 3.23. The van der Waals surface area contributed by atoms with Gasteiger partial charge in [0, 0.05) is 24.0 Å². The van der Waals surface area contributed by atoms with Gasteiger partial charge in [-0.25, -0.2) is 4.98 Å². The molecule has 2 aliphatic heterocycles. The van der Waals surface area contributed by atoms with Crippen LogP contribution in [0, 0.1) is 5.92 Å². The third kappa shape index (κ3) is 4.26. The molecule has 1 aromatic carbocycles. The Bertz CT molecular complexity index is 862. The molecule has 0 unspecified atom stereocenters. The maximum atomic E-state index is 12.4. The number of methoxy groups -OCH3 is 2. The van der Waals surface area contributed by atoms with Crippen LogP contribution in [0.1, 0.15) is 52.3 Å². The smallest absolute Gasteiger partial charge is 0.234 e. The van der Waals surface area contributed by atoms with Crippen molar-refractivity contribution in [1.82, 2.24) is 20.2 Å². The lowest BCUT2D eigenvalue weighted by Gasteiger charge is -2.38. The van der Waals surface area contributed by atoms with Gasteiger partial charge in [-0.2, -0.15) is 0 Å². The molecule has 164 valence electrons. The van der Waals surface area contributed by atoms with E-state index in [9.17, 15) is 4.79 Å². The number of rotatable bonds is 6. The highest BCUT2D eigenvalue weighted by Crippen LogP contribution is 2.40. The number of hydrogen-bond donors (Lipinski definition) is 2. The number of hydrogen-bond acceptors (Lipinski definition) is 5. The Labute approximate surface area is 178 Å². The van der Waals surface area contributed by atoms with Crippen molar-refractivity contribution >= 4 is 16.9 Å². The molecule has 0 spiro atoms. The van der Waals surface area contributed by atoms with Crippen LogP contribution in [0.2, 0.25) is 0 Å². The van der Waals surface area contributed by atoms with Crippen LogP contribution in [0.25, 0.3) is 11.0 Å². The second kappa shape index (κ2) is 8.10. The van der Waals surface area contributed by atoms with Gasteiger partial charge in [0.15, 0.2) is 0 Å². The highest BCUT2D eigenvalue weighted by molar-refractivity contribution is 5.87. The molecule has 2 aliphatic rings. The highest BCUT2D eigenvalue weighted by Gasteiger charge is 2.41. The molecule has 0 aliphatic carbocycles. The molecule has 1 aromatic heterocycles. The van der Waals surface area contributed by atoms with E-state index in [0.29, 0.717) is 24.5 Å². The summed E-state index contributed by atoms with van der Waals surface area (Å²) in [4.78, 5) is 23.2. The number of aromatic nitrogens is 2. The first-order valence-electron chi connectivity index (χ1n) is 10.9. The van der Waals surface area contributed by atoms with E-state index >= 15 is 0 Å². The zero-order chi connectivity index (χ0) is 21.5. The first kappa shape index (κ1) is 21.0. The number of amides is 1. The molecule has 2 aromatic rings. The zero-order valence-corrected chi connectivity index (χ0v) is 18.7. The van der Waals surface area contributed by atoms with Crippen LogP contribution in [0.4, 0.5) is 0 Å². The Hall–Kier alpha value is -2.28. The van der Waals surface area contributed by atoms with E-state index in [0.717, 1.165) is 47.6 Å². The molecule has 2 saturated heterocycles. The van der Waals surface area contributed by atoms with Crippen molar-refractivity contribution in [2.45, 2.75) is 70.5 Å². The van der Waals surface area contributed by atoms with Crippen LogP contribution < -0.4 is 14.8 Å². The molecule has 7 nitrogen and oxygen atoms in total. The number of carbonyl (C=O) groups is 1. The topological polar surface area (TPSA) is 79.5 Å². The molecule has 4 rings (SSSR count). The van der Waals surface area contributed by atoms with E-state index in [1.165, 1.54) is 12.8 Å². The number of ether oxygens (including phenoxy) is 2. The normalized spacial score (nSPS) is 24.2. The first-order chi connectivity index (χ1) is 14.3. The summed E-state index contributed by atoms with van der Waals surface area (Å²) in [6, 6.07) is 4.79. The zero-order valence-electron chi connectivity index (χ0n) is 18.7. The van der Waals surface area contributed by atoms with E-state index in [1.807, 2.05) is 32.9 Å². The van der Waals surface area contributed by atoms with Crippen LogP contribution in [-0.4, -0.2) is 59.2 Å². The number of fused-ring (bicyclic) bond motifs is 3. The van der Waals surface area contributed by atoms with Gasteiger partial charge >= 0.3 is 0 Å². The molecule has 30 heavy (non-hydrogen) atoms. The average Bonchev–Trinajstić information content (AvgIpc) is 3.17. The molecule has 2 N–H and O–H groups in total. The summed E-state index contributed by atoms with van der Waals surface area (Å²) < 4.78 is 11.0. The summed E-state index contributed by atoms with van der Waals surface area (Å²) in [6.45, 7) is 6.60. The van der Waals surface area contributed by atoms with Crippen LogP contribution in [0.15, 0.2) is 12.1 Å². The van der Waals surface area contributed by atoms with E-state index in [1.54, 1.807) is 14.2 Å². The third-order valence-corrected chi connectivity index (χ3v) is 6.36. The van der Waals surface area contributed by atoms with E-state index in [4.69, 9.17) is 14.5 Å². The molecule has 1 amide bonds. The van der Waals surface area contributed by atoms with Crippen LogP contribution in [0.5, 0.6) is 11.5 Å². The molecular weight excluding hydrogens is 380 g/mol. The van der Waals surface area contributed by atoms with Crippen molar-refractivity contribution in [3.8, 4) is 11.5 Å². The molecular formula is C23H34N4O3. The van der Waals surface area contributed by atoms with Crippen molar-refractivity contribution in [2.75, 3.05) is 20.8 Å². The quantitative estimate of drug-likeness (QED) is 0.758. The second-order valence-corrected chi connectivity index (χ2v) is 9.77. The lowest BCUT2D eigenvalue weighted by Crippen LogP contribution is -2.51. The number of H-pyrrole nitrogens is 1. The number of nitrogens with one attached hydrogen (secondary N) is 2. The van der Waals surface area contributed by atoms with E-state index < -0.39 is 0 Å². The molecule has 0 saturated carbocycles. The van der Waals surface area contributed by atoms with Gasteiger partial charge in [0.25, 0.3) is 0 Å². The van der Waals surface area contributed by atoms with Gasteiger partial charge in [-0.05, 0) is 64.5 Å². The number of nitrogens with zero attached hydrogens (tertiary/aromatic N) is 2. The Morgan fingerprint density at radius 2 is 1.80 bits per heavy atom. The largest absolute Gasteiger partial charge is 0.494 e. The molecule has 7 heteroatoms. The van der Waals surface area contributed by atoms with Crippen molar-refractivity contribution in [3.05, 3.63) is 18.0 Å².